The van der Waals surface area contributed by atoms with Gasteiger partial charge in [0.05, 0.1) is 0 Å². The summed E-state index contributed by atoms with van der Waals surface area (Å²) in [6.45, 7) is 5.12. The van der Waals surface area contributed by atoms with Gasteiger partial charge < -0.3 is 15.5 Å². The standard InChI is InChI=1S/C22H31N5/c1-3-18-7-9-19(10-8-18)11-15-25-22(23-2)26-20-12-16-27(17-13-20)21-6-4-5-14-24-21/h4-10,14,20H,3,11-13,15-17H2,1-2H3,(H2,23,25,26). The van der Waals surface area contributed by atoms with Crippen molar-refractivity contribution < 1.29 is 0 Å². The number of aryl methyl sites for hydroxylation is 1. The molecule has 1 aromatic carbocycles. The lowest BCUT2D eigenvalue weighted by molar-refractivity contribution is 0.459. The van der Waals surface area contributed by atoms with Crippen LogP contribution in [0.15, 0.2) is 53.7 Å². The van der Waals surface area contributed by atoms with Gasteiger partial charge in [0.2, 0.25) is 0 Å². The van der Waals surface area contributed by atoms with Crippen molar-refractivity contribution in [3.63, 3.8) is 0 Å². The molecule has 0 atom stereocenters. The highest BCUT2D eigenvalue weighted by atomic mass is 15.2. The van der Waals surface area contributed by atoms with E-state index in [4.69, 9.17) is 0 Å². The minimum Gasteiger partial charge on any atom is -0.356 e. The van der Waals surface area contributed by atoms with E-state index in [1.807, 2.05) is 25.4 Å². The molecule has 2 aromatic rings. The van der Waals surface area contributed by atoms with Crippen LogP contribution in [0.2, 0.25) is 0 Å². The molecule has 5 nitrogen and oxygen atoms in total. The maximum atomic E-state index is 4.45. The number of aromatic nitrogens is 1. The molecule has 0 spiro atoms. The molecule has 1 aliphatic rings. The van der Waals surface area contributed by atoms with Crippen LogP contribution in [0.5, 0.6) is 0 Å². The molecule has 0 radical (unpaired) electrons. The van der Waals surface area contributed by atoms with Gasteiger partial charge in [-0.15, -0.1) is 0 Å². The summed E-state index contributed by atoms with van der Waals surface area (Å²) in [5.74, 6) is 1.98. The molecule has 1 fully saturated rings. The summed E-state index contributed by atoms with van der Waals surface area (Å²) >= 11 is 0. The van der Waals surface area contributed by atoms with Crippen LogP contribution in [0.3, 0.4) is 0 Å². The summed E-state index contributed by atoms with van der Waals surface area (Å²) in [6.07, 6.45) is 6.14. The van der Waals surface area contributed by atoms with Gasteiger partial charge in [-0.25, -0.2) is 4.98 Å². The van der Waals surface area contributed by atoms with Crippen molar-refractivity contribution in [3.05, 3.63) is 59.8 Å². The van der Waals surface area contributed by atoms with Gasteiger partial charge in [-0.1, -0.05) is 37.3 Å². The Labute approximate surface area is 162 Å². The largest absolute Gasteiger partial charge is 0.356 e. The van der Waals surface area contributed by atoms with Gasteiger partial charge in [0, 0.05) is 38.9 Å². The van der Waals surface area contributed by atoms with Gasteiger partial charge >= 0.3 is 0 Å². The number of anilines is 1. The second kappa shape index (κ2) is 9.95. The maximum absolute atomic E-state index is 4.45. The topological polar surface area (TPSA) is 52.6 Å². The molecule has 1 aromatic heterocycles. The molecular formula is C22H31N5. The van der Waals surface area contributed by atoms with Crippen molar-refractivity contribution >= 4 is 11.8 Å². The smallest absolute Gasteiger partial charge is 0.191 e. The molecule has 0 unspecified atom stereocenters. The van der Waals surface area contributed by atoms with Crippen molar-refractivity contribution in [2.75, 3.05) is 31.6 Å². The number of hydrogen-bond acceptors (Lipinski definition) is 3. The molecule has 0 saturated carbocycles. The highest BCUT2D eigenvalue weighted by Gasteiger charge is 2.20. The van der Waals surface area contributed by atoms with Gasteiger partial charge in [-0.2, -0.15) is 0 Å². The predicted octanol–water partition coefficient (Wildman–Crippen LogP) is 3.02. The minimum atomic E-state index is 0.458. The lowest BCUT2D eigenvalue weighted by Crippen LogP contribution is -2.49. The first kappa shape index (κ1) is 19.2. The Morgan fingerprint density at radius 2 is 1.85 bits per heavy atom. The number of pyridine rings is 1. The van der Waals surface area contributed by atoms with Crippen molar-refractivity contribution in [3.8, 4) is 0 Å². The minimum absolute atomic E-state index is 0.458. The first-order chi connectivity index (χ1) is 13.3. The second-order valence-electron chi connectivity index (χ2n) is 7.01. The summed E-state index contributed by atoms with van der Waals surface area (Å²) in [5, 5.41) is 7.02. The van der Waals surface area contributed by atoms with Crippen LogP contribution in [-0.2, 0) is 12.8 Å². The van der Waals surface area contributed by atoms with Gasteiger partial charge in [-0.05, 0) is 48.9 Å². The van der Waals surface area contributed by atoms with E-state index in [0.717, 1.165) is 57.1 Å². The molecule has 0 aliphatic carbocycles. The molecule has 5 heteroatoms. The first-order valence-corrected chi connectivity index (χ1v) is 9.99. The fourth-order valence-electron chi connectivity index (χ4n) is 3.45. The maximum Gasteiger partial charge on any atom is 0.191 e. The second-order valence-corrected chi connectivity index (χ2v) is 7.01. The quantitative estimate of drug-likeness (QED) is 0.610. The number of nitrogens with one attached hydrogen (secondary N) is 2. The summed E-state index contributed by atoms with van der Waals surface area (Å²) in [7, 11) is 1.84. The Morgan fingerprint density at radius 1 is 1.11 bits per heavy atom. The highest BCUT2D eigenvalue weighted by molar-refractivity contribution is 5.80. The Morgan fingerprint density at radius 3 is 2.48 bits per heavy atom. The third kappa shape index (κ3) is 5.71. The van der Waals surface area contributed by atoms with Crippen LogP contribution in [-0.4, -0.2) is 43.7 Å². The van der Waals surface area contributed by atoms with Gasteiger partial charge in [0.25, 0.3) is 0 Å². The number of nitrogens with zero attached hydrogens (tertiary/aromatic N) is 3. The third-order valence-corrected chi connectivity index (χ3v) is 5.17. The van der Waals surface area contributed by atoms with Crippen LogP contribution in [0.4, 0.5) is 5.82 Å². The number of rotatable bonds is 6. The Balaban J connectivity index is 1.40. The van der Waals surface area contributed by atoms with E-state index in [-0.39, 0.29) is 0 Å². The number of piperidine rings is 1. The molecule has 0 bridgehead atoms. The number of guanidine groups is 1. The Kier molecular flexibility index (Phi) is 7.08. The molecule has 1 saturated heterocycles. The van der Waals surface area contributed by atoms with Crippen LogP contribution in [0, 0.1) is 0 Å². The fraction of sp³-hybridized carbons (Fsp3) is 0.455. The zero-order valence-corrected chi connectivity index (χ0v) is 16.5. The molecule has 27 heavy (non-hydrogen) atoms. The molecule has 0 amide bonds. The van der Waals surface area contributed by atoms with E-state index in [0.29, 0.717) is 6.04 Å². The monoisotopic (exact) mass is 365 g/mol. The molecule has 2 N–H and O–H groups in total. The summed E-state index contributed by atoms with van der Waals surface area (Å²) in [6, 6.07) is 15.4. The van der Waals surface area contributed by atoms with E-state index >= 15 is 0 Å². The number of hydrogen-bond donors (Lipinski definition) is 2. The normalized spacial score (nSPS) is 15.6. The third-order valence-electron chi connectivity index (χ3n) is 5.17. The lowest BCUT2D eigenvalue weighted by atomic mass is 10.1. The van der Waals surface area contributed by atoms with Crippen LogP contribution in [0.1, 0.15) is 30.9 Å². The van der Waals surface area contributed by atoms with E-state index in [9.17, 15) is 0 Å². The van der Waals surface area contributed by atoms with Crippen molar-refractivity contribution in [2.24, 2.45) is 4.99 Å². The number of benzene rings is 1. The zero-order valence-electron chi connectivity index (χ0n) is 16.5. The van der Waals surface area contributed by atoms with Crippen molar-refractivity contribution in [1.29, 1.82) is 0 Å². The van der Waals surface area contributed by atoms with Crippen LogP contribution >= 0.6 is 0 Å². The zero-order chi connectivity index (χ0) is 18.9. The van der Waals surface area contributed by atoms with E-state index in [2.05, 4.69) is 62.8 Å². The molecule has 3 rings (SSSR count). The Hall–Kier alpha value is -2.56. The fourth-order valence-corrected chi connectivity index (χ4v) is 3.45. The van der Waals surface area contributed by atoms with E-state index in [1.165, 1.54) is 11.1 Å². The van der Waals surface area contributed by atoms with Gasteiger partial charge in [0.1, 0.15) is 5.82 Å². The van der Waals surface area contributed by atoms with Gasteiger partial charge in [0.15, 0.2) is 5.96 Å². The summed E-state index contributed by atoms with van der Waals surface area (Å²) < 4.78 is 0. The molecular weight excluding hydrogens is 334 g/mol. The molecule has 1 aliphatic heterocycles. The average molecular weight is 366 g/mol. The highest BCUT2D eigenvalue weighted by Crippen LogP contribution is 2.17. The Bertz CT molecular complexity index is 703. The first-order valence-electron chi connectivity index (χ1n) is 9.99. The summed E-state index contributed by atoms with van der Waals surface area (Å²) in [4.78, 5) is 11.2. The van der Waals surface area contributed by atoms with E-state index < -0.39 is 0 Å². The van der Waals surface area contributed by atoms with Crippen molar-refractivity contribution in [1.82, 2.24) is 15.6 Å². The van der Waals surface area contributed by atoms with Crippen LogP contribution in [0.25, 0.3) is 0 Å². The molecule has 144 valence electrons. The van der Waals surface area contributed by atoms with Gasteiger partial charge in [-0.3, -0.25) is 4.99 Å². The van der Waals surface area contributed by atoms with Crippen molar-refractivity contribution in [2.45, 2.75) is 38.6 Å². The molecule has 2 heterocycles. The SMILES string of the molecule is CCc1ccc(CCNC(=NC)NC2CCN(c3ccccn3)CC2)cc1. The average Bonchev–Trinajstić information content (AvgIpc) is 2.74. The predicted molar refractivity (Wildman–Crippen MR) is 113 cm³/mol. The number of aliphatic imine (C=N–C) groups is 1. The van der Waals surface area contributed by atoms with E-state index in [1.54, 1.807) is 0 Å². The lowest BCUT2D eigenvalue weighted by Gasteiger charge is -2.33. The summed E-state index contributed by atoms with van der Waals surface area (Å²) in [5.41, 5.74) is 2.75. The van der Waals surface area contributed by atoms with Crippen LogP contribution < -0.4 is 15.5 Å².